The van der Waals surface area contributed by atoms with Gasteiger partial charge in [0.05, 0.1) is 11.8 Å². The van der Waals surface area contributed by atoms with Crippen molar-refractivity contribution in [3.8, 4) is 0 Å². The predicted molar refractivity (Wildman–Crippen MR) is 98.7 cm³/mol. The molecule has 1 aliphatic heterocycles. The number of hydrogen-bond donors (Lipinski definition) is 1. The number of rotatable bonds is 4. The maximum Gasteiger partial charge on any atom is 0.307 e. The van der Waals surface area contributed by atoms with E-state index in [-0.39, 0.29) is 23.7 Å². The van der Waals surface area contributed by atoms with Crippen LogP contribution >= 0.6 is 11.6 Å². The fourth-order valence-corrected chi connectivity index (χ4v) is 4.81. The van der Waals surface area contributed by atoms with E-state index in [4.69, 9.17) is 11.6 Å². The Balaban J connectivity index is 1.36. The quantitative estimate of drug-likeness (QED) is 0.822. The number of halogens is 1. The van der Waals surface area contributed by atoms with E-state index in [9.17, 15) is 14.7 Å². The number of carbonyl (C=O) groups excluding carboxylic acids is 1. The van der Waals surface area contributed by atoms with Crippen molar-refractivity contribution in [1.82, 2.24) is 9.80 Å². The van der Waals surface area contributed by atoms with Crippen molar-refractivity contribution in [2.24, 2.45) is 23.7 Å². The van der Waals surface area contributed by atoms with Crippen molar-refractivity contribution in [2.45, 2.75) is 13.0 Å². The zero-order valence-electron chi connectivity index (χ0n) is 14.6. The predicted octanol–water partition coefficient (Wildman–Crippen LogP) is 2.51. The summed E-state index contributed by atoms with van der Waals surface area (Å²) < 4.78 is 0. The van der Waals surface area contributed by atoms with Crippen LogP contribution in [0.4, 0.5) is 0 Å². The minimum atomic E-state index is -0.832. The molecule has 2 fully saturated rings. The molecule has 5 nitrogen and oxygen atoms in total. The van der Waals surface area contributed by atoms with Crippen molar-refractivity contribution < 1.29 is 14.7 Å². The van der Waals surface area contributed by atoms with E-state index >= 15 is 0 Å². The van der Waals surface area contributed by atoms with E-state index in [2.05, 4.69) is 4.90 Å². The maximum absolute atomic E-state index is 13.0. The van der Waals surface area contributed by atoms with Gasteiger partial charge in [-0.15, -0.1) is 0 Å². The topological polar surface area (TPSA) is 60.9 Å². The monoisotopic (exact) mass is 374 g/mol. The lowest BCUT2D eigenvalue weighted by atomic mass is 9.82. The van der Waals surface area contributed by atoms with Gasteiger partial charge in [0, 0.05) is 37.7 Å². The summed E-state index contributed by atoms with van der Waals surface area (Å²) in [7, 11) is 0. The van der Waals surface area contributed by atoms with Gasteiger partial charge in [0.2, 0.25) is 5.91 Å². The Morgan fingerprint density at radius 1 is 1.00 bits per heavy atom. The molecule has 3 aliphatic rings. The van der Waals surface area contributed by atoms with Crippen LogP contribution in [0.5, 0.6) is 0 Å². The third-order valence-electron chi connectivity index (χ3n) is 6.03. The molecule has 1 heterocycles. The number of nitrogens with zero attached hydrogens (tertiary/aromatic N) is 2. The lowest BCUT2D eigenvalue weighted by molar-refractivity contribution is -0.151. The molecular weight excluding hydrogens is 352 g/mol. The number of carboxylic acid groups (broad SMARTS) is 1. The molecule has 1 saturated heterocycles. The Labute approximate surface area is 158 Å². The third-order valence-corrected chi connectivity index (χ3v) is 6.28. The van der Waals surface area contributed by atoms with Crippen LogP contribution in [0.2, 0.25) is 5.02 Å². The molecular formula is C20H23ClN2O3. The molecule has 1 aromatic rings. The van der Waals surface area contributed by atoms with Gasteiger partial charge in [-0.25, -0.2) is 0 Å². The molecule has 1 amide bonds. The van der Waals surface area contributed by atoms with Crippen molar-refractivity contribution in [3.63, 3.8) is 0 Å². The highest BCUT2D eigenvalue weighted by molar-refractivity contribution is 6.30. The first-order valence-corrected chi connectivity index (χ1v) is 9.57. The fourth-order valence-electron chi connectivity index (χ4n) is 4.68. The highest BCUT2D eigenvalue weighted by Crippen LogP contribution is 2.48. The van der Waals surface area contributed by atoms with Crippen LogP contribution in [0.15, 0.2) is 36.4 Å². The zero-order chi connectivity index (χ0) is 18.3. The summed E-state index contributed by atoms with van der Waals surface area (Å²) in [5.41, 5.74) is 1.21. The molecule has 4 rings (SSSR count). The summed E-state index contributed by atoms with van der Waals surface area (Å²) >= 11 is 5.93. The first kappa shape index (κ1) is 17.6. The second-order valence-corrected chi connectivity index (χ2v) is 8.00. The van der Waals surface area contributed by atoms with Gasteiger partial charge >= 0.3 is 5.97 Å². The van der Waals surface area contributed by atoms with Gasteiger partial charge in [0.25, 0.3) is 0 Å². The van der Waals surface area contributed by atoms with Gasteiger partial charge in [0.1, 0.15) is 0 Å². The number of fused-ring (bicyclic) bond motifs is 2. The third kappa shape index (κ3) is 3.26. The number of amides is 1. The fraction of sp³-hybridized carbons (Fsp3) is 0.500. The summed E-state index contributed by atoms with van der Waals surface area (Å²) in [5, 5.41) is 10.3. The summed E-state index contributed by atoms with van der Waals surface area (Å²) in [6.07, 6.45) is 4.84. The van der Waals surface area contributed by atoms with Crippen molar-refractivity contribution >= 4 is 23.5 Å². The van der Waals surface area contributed by atoms with Gasteiger partial charge in [0.15, 0.2) is 0 Å². The van der Waals surface area contributed by atoms with E-state index < -0.39 is 11.9 Å². The molecule has 0 spiro atoms. The molecule has 4 atom stereocenters. The van der Waals surface area contributed by atoms with Crippen LogP contribution in [0.25, 0.3) is 0 Å². The van der Waals surface area contributed by atoms with Crippen LogP contribution < -0.4 is 0 Å². The SMILES string of the molecule is O=C(O)[C@H]1[C@H](C(=O)N2CCN(Cc3ccc(Cl)cc3)CC2)[C@H]2C=C[C@H]1C2. The lowest BCUT2D eigenvalue weighted by Gasteiger charge is -2.37. The van der Waals surface area contributed by atoms with E-state index in [1.165, 1.54) is 5.56 Å². The first-order valence-electron chi connectivity index (χ1n) is 9.19. The number of hydrogen-bond acceptors (Lipinski definition) is 3. The number of carbonyl (C=O) groups is 2. The van der Waals surface area contributed by atoms with Crippen LogP contribution in [0, 0.1) is 23.7 Å². The van der Waals surface area contributed by atoms with E-state index in [0.29, 0.717) is 13.1 Å². The van der Waals surface area contributed by atoms with Crippen LogP contribution in [-0.2, 0) is 16.1 Å². The second kappa shape index (κ2) is 7.05. The largest absolute Gasteiger partial charge is 0.481 e. The molecule has 0 unspecified atom stereocenters. The van der Waals surface area contributed by atoms with E-state index in [0.717, 1.165) is 31.1 Å². The second-order valence-electron chi connectivity index (χ2n) is 7.57. The number of piperazine rings is 1. The molecule has 1 saturated carbocycles. The molecule has 26 heavy (non-hydrogen) atoms. The van der Waals surface area contributed by atoms with Crippen molar-refractivity contribution in [1.29, 1.82) is 0 Å². The smallest absolute Gasteiger partial charge is 0.307 e. The highest BCUT2D eigenvalue weighted by Gasteiger charge is 2.52. The Bertz CT molecular complexity index is 725. The average molecular weight is 375 g/mol. The Hall–Kier alpha value is -1.85. The van der Waals surface area contributed by atoms with Gasteiger partial charge in [-0.3, -0.25) is 14.5 Å². The number of allylic oxidation sites excluding steroid dienone is 2. The minimum absolute atomic E-state index is 0.0256. The summed E-state index contributed by atoms with van der Waals surface area (Å²) in [6.45, 7) is 3.78. The average Bonchev–Trinajstić information content (AvgIpc) is 3.25. The van der Waals surface area contributed by atoms with Gasteiger partial charge in [-0.1, -0.05) is 35.9 Å². The van der Waals surface area contributed by atoms with E-state index in [1.807, 2.05) is 41.3 Å². The maximum atomic E-state index is 13.0. The molecule has 1 N–H and O–H groups in total. The Morgan fingerprint density at radius 3 is 2.23 bits per heavy atom. The zero-order valence-corrected chi connectivity index (χ0v) is 15.3. The van der Waals surface area contributed by atoms with Crippen LogP contribution in [0.3, 0.4) is 0 Å². The Morgan fingerprint density at radius 2 is 1.62 bits per heavy atom. The molecule has 2 aliphatic carbocycles. The number of aliphatic carboxylic acids is 1. The standard InChI is InChI=1S/C20H23ClN2O3/c21-16-5-1-13(2-6-16)12-22-7-9-23(10-8-22)19(24)17-14-3-4-15(11-14)18(17)20(25)26/h1-6,14-15,17-18H,7-12H2,(H,25,26)/t14-,15-,17+,18+/m0/s1. The van der Waals surface area contributed by atoms with E-state index in [1.54, 1.807) is 0 Å². The molecule has 1 aromatic carbocycles. The number of carboxylic acids is 1. The van der Waals surface area contributed by atoms with Gasteiger partial charge in [-0.05, 0) is 36.0 Å². The molecule has 6 heteroatoms. The first-order chi connectivity index (χ1) is 12.5. The summed E-state index contributed by atoms with van der Waals surface area (Å²) in [5.74, 6) is -1.62. The van der Waals surface area contributed by atoms with Gasteiger partial charge < -0.3 is 10.0 Å². The van der Waals surface area contributed by atoms with Gasteiger partial charge in [-0.2, -0.15) is 0 Å². The Kier molecular flexibility index (Phi) is 4.76. The van der Waals surface area contributed by atoms with Crippen molar-refractivity contribution in [3.05, 3.63) is 47.0 Å². The normalized spacial score (nSPS) is 30.7. The summed E-state index contributed by atoms with van der Waals surface area (Å²) in [4.78, 5) is 28.8. The van der Waals surface area contributed by atoms with Crippen LogP contribution in [-0.4, -0.2) is 53.0 Å². The minimum Gasteiger partial charge on any atom is -0.481 e. The lowest BCUT2D eigenvalue weighted by Crippen LogP contribution is -2.52. The molecule has 2 bridgehead atoms. The summed E-state index contributed by atoms with van der Waals surface area (Å²) in [6, 6.07) is 7.84. The molecule has 0 aromatic heterocycles. The number of benzene rings is 1. The highest BCUT2D eigenvalue weighted by atomic mass is 35.5. The van der Waals surface area contributed by atoms with Crippen LogP contribution in [0.1, 0.15) is 12.0 Å². The molecule has 138 valence electrons. The van der Waals surface area contributed by atoms with Crippen molar-refractivity contribution in [2.75, 3.05) is 26.2 Å². The molecule has 0 radical (unpaired) electrons.